The van der Waals surface area contributed by atoms with Gasteiger partial charge in [0.1, 0.15) is 5.82 Å². The van der Waals surface area contributed by atoms with Crippen LogP contribution < -0.4 is 0 Å². The molecule has 0 saturated heterocycles. The summed E-state index contributed by atoms with van der Waals surface area (Å²) in [6.07, 6.45) is -0.429. The van der Waals surface area contributed by atoms with Crippen LogP contribution in [0.1, 0.15) is 5.56 Å². The Morgan fingerprint density at radius 3 is 2.43 bits per heavy atom. The molecule has 6 heteroatoms. The minimum absolute atomic E-state index is 0.0341. The van der Waals surface area contributed by atoms with Gasteiger partial charge in [-0.25, -0.2) is 8.78 Å². The van der Waals surface area contributed by atoms with Crippen LogP contribution in [0.4, 0.5) is 8.78 Å². The highest BCUT2D eigenvalue weighted by Gasteiger charge is 2.16. The van der Waals surface area contributed by atoms with Gasteiger partial charge in [0.05, 0.1) is 15.4 Å². The zero-order valence-electron chi connectivity index (χ0n) is 6.65. The van der Waals surface area contributed by atoms with Gasteiger partial charge in [-0.15, -0.1) is 0 Å². The molecule has 0 aliphatic heterocycles. The van der Waals surface area contributed by atoms with Gasteiger partial charge in [0, 0.05) is 0 Å². The fraction of sp³-hybridized carbons (Fsp3) is 0.125. The fourth-order valence-corrected chi connectivity index (χ4v) is 1.95. The molecule has 0 spiro atoms. The maximum atomic E-state index is 13.2. The number of carboxylic acid groups (broad SMARTS) is 1. The van der Waals surface area contributed by atoms with Crippen LogP contribution in [0.3, 0.4) is 0 Å². The minimum Gasteiger partial charge on any atom is -0.481 e. The van der Waals surface area contributed by atoms with Crippen LogP contribution in [0, 0.1) is 11.6 Å². The van der Waals surface area contributed by atoms with E-state index in [0.29, 0.717) is 0 Å². The molecule has 0 radical (unpaired) electrons. The summed E-state index contributed by atoms with van der Waals surface area (Å²) in [6, 6.07) is 0.978. The van der Waals surface area contributed by atoms with E-state index in [0.717, 1.165) is 6.07 Å². The van der Waals surface area contributed by atoms with E-state index < -0.39 is 24.0 Å². The third-order valence-electron chi connectivity index (χ3n) is 1.52. The third-order valence-corrected chi connectivity index (χ3v) is 3.10. The van der Waals surface area contributed by atoms with Crippen molar-refractivity contribution in [1.29, 1.82) is 0 Å². The van der Waals surface area contributed by atoms with Crippen molar-refractivity contribution in [2.75, 3.05) is 0 Å². The van der Waals surface area contributed by atoms with Crippen LogP contribution in [0.25, 0.3) is 0 Å². The number of carbonyl (C=O) groups is 1. The Hall–Kier alpha value is -0.490. The first-order valence-corrected chi connectivity index (χ1v) is 5.05. The van der Waals surface area contributed by atoms with Gasteiger partial charge in [-0.1, -0.05) is 0 Å². The molecule has 0 saturated carbocycles. The van der Waals surface area contributed by atoms with Crippen molar-refractivity contribution in [3.8, 4) is 0 Å². The standard InChI is InChI=1S/C8H4Br2F2O2/c9-6-3(2-5(13)14)1-4(11)7(10)8(6)12/h1H,2H2,(H,13,14). The van der Waals surface area contributed by atoms with Gasteiger partial charge in [-0.05, 0) is 43.5 Å². The van der Waals surface area contributed by atoms with Gasteiger partial charge in [0.2, 0.25) is 0 Å². The lowest BCUT2D eigenvalue weighted by Gasteiger charge is -2.05. The van der Waals surface area contributed by atoms with Crippen molar-refractivity contribution in [2.24, 2.45) is 0 Å². The van der Waals surface area contributed by atoms with Crippen LogP contribution >= 0.6 is 31.9 Å². The lowest BCUT2D eigenvalue weighted by molar-refractivity contribution is -0.136. The molecule has 1 N–H and O–H groups in total. The van der Waals surface area contributed by atoms with Crippen molar-refractivity contribution in [2.45, 2.75) is 6.42 Å². The van der Waals surface area contributed by atoms with E-state index in [1.807, 2.05) is 0 Å². The molecule has 0 unspecified atom stereocenters. The maximum Gasteiger partial charge on any atom is 0.307 e. The van der Waals surface area contributed by atoms with Gasteiger partial charge in [0.25, 0.3) is 0 Å². The Labute approximate surface area is 95.2 Å². The van der Waals surface area contributed by atoms with Crippen molar-refractivity contribution >= 4 is 37.8 Å². The molecule has 0 aliphatic carbocycles. The highest BCUT2D eigenvalue weighted by atomic mass is 79.9. The smallest absolute Gasteiger partial charge is 0.307 e. The minimum atomic E-state index is -1.15. The summed E-state index contributed by atoms with van der Waals surface area (Å²) in [7, 11) is 0. The fourth-order valence-electron chi connectivity index (χ4n) is 0.913. The van der Waals surface area contributed by atoms with Gasteiger partial charge in [-0.3, -0.25) is 4.79 Å². The first-order chi connectivity index (χ1) is 6.43. The van der Waals surface area contributed by atoms with Crippen molar-refractivity contribution in [1.82, 2.24) is 0 Å². The Balaban J connectivity index is 3.25. The second-order valence-corrected chi connectivity index (χ2v) is 4.12. The quantitative estimate of drug-likeness (QED) is 0.668. The number of rotatable bonds is 2. The van der Waals surface area contributed by atoms with Crippen LogP contribution in [-0.4, -0.2) is 11.1 Å². The molecule has 1 rings (SSSR count). The van der Waals surface area contributed by atoms with Crippen LogP contribution in [0.15, 0.2) is 15.0 Å². The van der Waals surface area contributed by atoms with E-state index in [-0.39, 0.29) is 14.5 Å². The maximum absolute atomic E-state index is 13.2. The summed E-state index contributed by atoms with van der Waals surface area (Å²) in [5.74, 6) is -2.80. The van der Waals surface area contributed by atoms with Crippen molar-refractivity contribution in [3.05, 3.63) is 32.2 Å². The average molecular weight is 330 g/mol. The Morgan fingerprint density at radius 1 is 1.36 bits per heavy atom. The van der Waals surface area contributed by atoms with Crippen LogP contribution in [-0.2, 0) is 11.2 Å². The summed E-state index contributed by atoms with van der Waals surface area (Å²) < 4.78 is 25.8. The molecule has 0 aliphatic rings. The summed E-state index contributed by atoms with van der Waals surface area (Å²) in [5.41, 5.74) is 0.0655. The molecule has 76 valence electrons. The highest BCUT2D eigenvalue weighted by molar-refractivity contribution is 9.11. The molecule has 1 aromatic carbocycles. The number of benzene rings is 1. The molecule has 0 bridgehead atoms. The number of hydrogen-bond acceptors (Lipinski definition) is 1. The highest BCUT2D eigenvalue weighted by Crippen LogP contribution is 2.30. The molecule has 0 amide bonds. The zero-order valence-corrected chi connectivity index (χ0v) is 9.82. The largest absolute Gasteiger partial charge is 0.481 e. The van der Waals surface area contributed by atoms with E-state index in [1.54, 1.807) is 0 Å². The molecule has 0 aromatic heterocycles. The number of carboxylic acids is 1. The summed E-state index contributed by atoms with van der Waals surface area (Å²) >= 11 is 5.56. The second-order valence-electron chi connectivity index (χ2n) is 2.53. The van der Waals surface area contributed by atoms with Gasteiger partial charge in [-0.2, -0.15) is 0 Å². The van der Waals surface area contributed by atoms with E-state index in [2.05, 4.69) is 31.9 Å². The summed E-state index contributed by atoms with van der Waals surface area (Å²) in [6.45, 7) is 0. The number of aliphatic carboxylic acids is 1. The van der Waals surface area contributed by atoms with Crippen molar-refractivity contribution < 1.29 is 18.7 Å². The third kappa shape index (κ3) is 2.30. The molecule has 2 nitrogen and oxygen atoms in total. The molecule has 14 heavy (non-hydrogen) atoms. The van der Waals surface area contributed by atoms with Gasteiger partial charge in [0.15, 0.2) is 5.82 Å². The zero-order chi connectivity index (χ0) is 10.9. The Kier molecular flexibility index (Phi) is 3.60. The SMILES string of the molecule is O=C(O)Cc1cc(F)c(Br)c(F)c1Br. The second kappa shape index (κ2) is 4.35. The van der Waals surface area contributed by atoms with Crippen LogP contribution in [0.2, 0.25) is 0 Å². The van der Waals surface area contributed by atoms with Crippen LogP contribution in [0.5, 0.6) is 0 Å². The first kappa shape index (κ1) is 11.6. The summed E-state index contributed by atoms with van der Waals surface area (Å²) in [5, 5.41) is 8.46. The first-order valence-electron chi connectivity index (χ1n) is 3.47. The molecular weight excluding hydrogens is 326 g/mol. The monoisotopic (exact) mass is 328 g/mol. The molecule has 0 atom stereocenters. The van der Waals surface area contributed by atoms with Crippen molar-refractivity contribution in [3.63, 3.8) is 0 Å². The molecule has 0 fully saturated rings. The molecule has 0 heterocycles. The lowest BCUT2D eigenvalue weighted by atomic mass is 10.1. The van der Waals surface area contributed by atoms with E-state index in [4.69, 9.17) is 5.11 Å². The van der Waals surface area contributed by atoms with Gasteiger partial charge >= 0.3 is 5.97 Å². The molecule has 1 aromatic rings. The van der Waals surface area contributed by atoms with E-state index >= 15 is 0 Å². The molecular formula is C8H4Br2F2O2. The number of hydrogen-bond donors (Lipinski definition) is 1. The van der Waals surface area contributed by atoms with E-state index in [1.165, 1.54) is 0 Å². The van der Waals surface area contributed by atoms with E-state index in [9.17, 15) is 13.6 Å². The predicted molar refractivity (Wildman–Crippen MR) is 53.1 cm³/mol. The normalized spacial score (nSPS) is 10.3. The number of halogens is 4. The summed E-state index contributed by atoms with van der Waals surface area (Å²) in [4.78, 5) is 10.4. The van der Waals surface area contributed by atoms with Gasteiger partial charge < -0.3 is 5.11 Å². The lowest BCUT2D eigenvalue weighted by Crippen LogP contribution is -2.03. The predicted octanol–water partition coefficient (Wildman–Crippen LogP) is 3.12. The Morgan fingerprint density at radius 2 is 1.93 bits per heavy atom. The average Bonchev–Trinajstić information content (AvgIpc) is 2.10. The topological polar surface area (TPSA) is 37.3 Å². The Bertz CT molecular complexity index is 393.